The lowest BCUT2D eigenvalue weighted by atomic mass is 10.6. The zero-order valence-electron chi connectivity index (χ0n) is 7.55. The highest BCUT2D eigenvalue weighted by atomic mass is 15.4. The van der Waals surface area contributed by atoms with E-state index >= 15 is 0 Å². The average molecular weight is 191 g/mol. The molecule has 2 rings (SSSR count). The summed E-state index contributed by atoms with van der Waals surface area (Å²) in [5.74, 6) is 1.27. The molecule has 0 bridgehead atoms. The maximum Gasteiger partial charge on any atom is 0.244 e. The van der Waals surface area contributed by atoms with Crippen LogP contribution in [0.15, 0.2) is 18.6 Å². The Morgan fingerprint density at radius 3 is 2.86 bits per heavy atom. The molecule has 0 aliphatic rings. The molecule has 0 saturated heterocycles. The molecule has 0 saturated carbocycles. The first-order valence-corrected chi connectivity index (χ1v) is 3.98. The van der Waals surface area contributed by atoms with Gasteiger partial charge >= 0.3 is 0 Å². The van der Waals surface area contributed by atoms with Crippen molar-refractivity contribution in [3.63, 3.8) is 0 Å². The van der Waals surface area contributed by atoms with Gasteiger partial charge in [-0.05, 0) is 0 Å². The highest BCUT2D eigenvalue weighted by Crippen LogP contribution is 2.09. The van der Waals surface area contributed by atoms with Gasteiger partial charge in [-0.2, -0.15) is 9.67 Å². The summed E-state index contributed by atoms with van der Waals surface area (Å²) in [5.41, 5.74) is 5.63. The zero-order valence-corrected chi connectivity index (χ0v) is 7.55. The smallest absolute Gasteiger partial charge is 0.244 e. The van der Waals surface area contributed by atoms with Gasteiger partial charge in [-0.1, -0.05) is 0 Å². The summed E-state index contributed by atoms with van der Waals surface area (Å²) < 4.78 is 1.42. The van der Waals surface area contributed by atoms with Crippen molar-refractivity contribution in [3.8, 4) is 5.82 Å². The van der Waals surface area contributed by atoms with Gasteiger partial charge in [0, 0.05) is 19.4 Å². The van der Waals surface area contributed by atoms with Gasteiger partial charge in [-0.25, -0.2) is 4.98 Å². The Bertz CT molecular complexity index is 421. The number of nitrogens with one attached hydrogen (secondary N) is 1. The number of hydrogen-bond donors (Lipinski definition) is 2. The lowest BCUT2D eigenvalue weighted by molar-refractivity contribution is 0.849. The van der Waals surface area contributed by atoms with Gasteiger partial charge in [-0.15, -0.1) is 5.10 Å². The van der Waals surface area contributed by atoms with Gasteiger partial charge in [0.05, 0.1) is 6.20 Å². The summed E-state index contributed by atoms with van der Waals surface area (Å²) in [5, 5.41) is 6.85. The maximum atomic E-state index is 5.63. The third-order valence-electron chi connectivity index (χ3n) is 1.62. The van der Waals surface area contributed by atoms with Crippen LogP contribution in [-0.4, -0.2) is 31.8 Å². The Balaban J connectivity index is 2.46. The number of nitrogens with zero attached hydrogens (tertiary/aromatic N) is 5. The van der Waals surface area contributed by atoms with E-state index in [0.717, 1.165) is 0 Å². The molecule has 2 heterocycles. The van der Waals surface area contributed by atoms with Crippen LogP contribution in [0.2, 0.25) is 0 Å². The van der Waals surface area contributed by atoms with E-state index in [1.54, 1.807) is 25.6 Å². The number of nitrogen functional groups attached to an aromatic ring is 1. The van der Waals surface area contributed by atoms with Crippen molar-refractivity contribution in [2.45, 2.75) is 0 Å². The van der Waals surface area contributed by atoms with Crippen LogP contribution in [0.1, 0.15) is 0 Å². The Morgan fingerprint density at radius 2 is 2.29 bits per heavy atom. The van der Waals surface area contributed by atoms with Crippen molar-refractivity contribution in [2.75, 3.05) is 18.1 Å². The highest BCUT2D eigenvalue weighted by molar-refractivity contribution is 5.36. The van der Waals surface area contributed by atoms with E-state index in [2.05, 4.69) is 25.4 Å². The van der Waals surface area contributed by atoms with Crippen LogP contribution in [0.25, 0.3) is 5.82 Å². The van der Waals surface area contributed by atoms with Crippen LogP contribution < -0.4 is 11.1 Å². The Hall–Kier alpha value is -2.18. The molecule has 0 unspecified atom stereocenters. The van der Waals surface area contributed by atoms with Gasteiger partial charge in [0.1, 0.15) is 0 Å². The minimum absolute atomic E-state index is 0.273. The van der Waals surface area contributed by atoms with Crippen LogP contribution in [0, 0.1) is 0 Å². The lowest BCUT2D eigenvalue weighted by Crippen LogP contribution is -2.04. The number of nitrogens with two attached hydrogens (primary N) is 1. The van der Waals surface area contributed by atoms with Crippen molar-refractivity contribution in [1.29, 1.82) is 0 Å². The summed E-state index contributed by atoms with van der Waals surface area (Å²) in [6, 6.07) is 0. The quantitative estimate of drug-likeness (QED) is 0.675. The van der Waals surface area contributed by atoms with Crippen molar-refractivity contribution in [2.24, 2.45) is 0 Å². The summed E-state index contributed by atoms with van der Waals surface area (Å²) in [6.45, 7) is 0. The Kier molecular flexibility index (Phi) is 1.98. The molecule has 3 N–H and O–H groups in total. The molecule has 0 atom stereocenters. The van der Waals surface area contributed by atoms with Gasteiger partial charge in [0.2, 0.25) is 11.9 Å². The molecule has 14 heavy (non-hydrogen) atoms. The summed E-state index contributed by atoms with van der Waals surface area (Å²) in [4.78, 5) is 11.9. The molecule has 0 spiro atoms. The van der Waals surface area contributed by atoms with E-state index in [1.807, 2.05) is 0 Å². The molecule has 0 aliphatic heterocycles. The highest BCUT2D eigenvalue weighted by Gasteiger charge is 2.07. The number of anilines is 2. The minimum Gasteiger partial charge on any atom is -0.368 e. The number of aromatic nitrogens is 5. The maximum absolute atomic E-state index is 5.63. The fourth-order valence-corrected chi connectivity index (χ4v) is 0.999. The molecule has 2 aromatic heterocycles. The summed E-state index contributed by atoms with van der Waals surface area (Å²) in [7, 11) is 1.72. The van der Waals surface area contributed by atoms with E-state index in [1.165, 1.54) is 4.68 Å². The van der Waals surface area contributed by atoms with E-state index in [-0.39, 0.29) is 5.95 Å². The topological polar surface area (TPSA) is 94.5 Å². The predicted molar refractivity (Wildman–Crippen MR) is 50.9 cm³/mol. The van der Waals surface area contributed by atoms with Crippen molar-refractivity contribution in [1.82, 2.24) is 24.7 Å². The third kappa shape index (κ3) is 1.35. The second kappa shape index (κ2) is 3.29. The third-order valence-corrected chi connectivity index (χ3v) is 1.62. The molecular formula is C7H9N7. The molecule has 0 fully saturated rings. The fraction of sp³-hybridized carbons (Fsp3) is 0.143. The van der Waals surface area contributed by atoms with Gasteiger partial charge in [-0.3, -0.25) is 4.98 Å². The first kappa shape index (κ1) is 8.42. The van der Waals surface area contributed by atoms with Crippen molar-refractivity contribution < 1.29 is 0 Å². The normalized spacial score (nSPS) is 10.1. The van der Waals surface area contributed by atoms with E-state index in [9.17, 15) is 0 Å². The van der Waals surface area contributed by atoms with Crippen LogP contribution in [0.5, 0.6) is 0 Å². The van der Waals surface area contributed by atoms with Crippen LogP contribution >= 0.6 is 0 Å². The second-order valence-electron chi connectivity index (χ2n) is 2.52. The number of hydrogen-bond acceptors (Lipinski definition) is 6. The summed E-state index contributed by atoms with van der Waals surface area (Å²) in [6.07, 6.45) is 4.70. The average Bonchev–Trinajstić information content (AvgIpc) is 2.61. The lowest BCUT2D eigenvalue weighted by Gasteiger charge is -1.98. The van der Waals surface area contributed by atoms with E-state index in [0.29, 0.717) is 11.8 Å². The Labute approximate surface area is 80.0 Å². The fourth-order valence-electron chi connectivity index (χ4n) is 0.999. The molecule has 0 radical (unpaired) electrons. The largest absolute Gasteiger partial charge is 0.368 e. The van der Waals surface area contributed by atoms with Crippen molar-refractivity contribution >= 4 is 11.9 Å². The first-order chi connectivity index (χ1) is 6.81. The molecular weight excluding hydrogens is 182 g/mol. The monoisotopic (exact) mass is 191 g/mol. The van der Waals surface area contributed by atoms with Crippen molar-refractivity contribution in [3.05, 3.63) is 18.6 Å². The molecule has 0 amide bonds. The summed E-state index contributed by atoms with van der Waals surface area (Å²) >= 11 is 0. The predicted octanol–water partition coefficient (Wildman–Crippen LogP) is -0.319. The second-order valence-corrected chi connectivity index (χ2v) is 2.52. The van der Waals surface area contributed by atoms with Crippen LogP contribution in [0.3, 0.4) is 0 Å². The number of rotatable bonds is 2. The first-order valence-electron chi connectivity index (χ1n) is 3.98. The SMILES string of the molecule is CNc1nc(N)n(-c2cnccn2)n1. The van der Waals surface area contributed by atoms with E-state index < -0.39 is 0 Å². The molecule has 72 valence electrons. The van der Waals surface area contributed by atoms with Gasteiger partial charge in [0.25, 0.3) is 0 Å². The molecule has 7 nitrogen and oxygen atoms in total. The molecule has 2 aromatic rings. The molecule has 0 aromatic carbocycles. The Morgan fingerprint density at radius 1 is 1.43 bits per heavy atom. The van der Waals surface area contributed by atoms with Crippen LogP contribution in [0.4, 0.5) is 11.9 Å². The minimum atomic E-state index is 0.273. The molecule has 0 aliphatic carbocycles. The molecule has 7 heteroatoms. The standard InChI is InChI=1S/C7H9N7/c1-9-7-12-6(8)14(13-7)5-4-10-2-3-11-5/h2-4H,1H3,(H3,8,9,12,13). The zero-order chi connectivity index (χ0) is 9.97. The van der Waals surface area contributed by atoms with Gasteiger partial charge in [0.15, 0.2) is 5.82 Å². The van der Waals surface area contributed by atoms with Crippen LogP contribution in [-0.2, 0) is 0 Å². The van der Waals surface area contributed by atoms with E-state index in [4.69, 9.17) is 5.73 Å². The van der Waals surface area contributed by atoms with Gasteiger partial charge < -0.3 is 11.1 Å².